The van der Waals surface area contributed by atoms with Crippen LogP contribution in [0.15, 0.2) is 42.5 Å². The van der Waals surface area contributed by atoms with Crippen LogP contribution in [-0.2, 0) is 6.42 Å². The van der Waals surface area contributed by atoms with Gasteiger partial charge in [0, 0.05) is 5.56 Å². The Morgan fingerprint density at radius 1 is 1.06 bits per heavy atom. The van der Waals surface area contributed by atoms with Crippen molar-refractivity contribution in [3.05, 3.63) is 53.7 Å². The lowest BCUT2D eigenvalue weighted by atomic mass is 9.93. The summed E-state index contributed by atoms with van der Waals surface area (Å²) >= 11 is 0. The summed E-state index contributed by atoms with van der Waals surface area (Å²) in [6, 6.07) is 14.3. The Morgan fingerprint density at radius 3 is 2.71 bits per heavy atom. The Kier molecular flexibility index (Phi) is 2.65. The fourth-order valence-electron chi connectivity index (χ4n) is 2.40. The summed E-state index contributed by atoms with van der Waals surface area (Å²) in [6.45, 7) is 0. The van der Waals surface area contributed by atoms with Crippen LogP contribution >= 0.6 is 0 Å². The molecule has 0 bridgehead atoms. The summed E-state index contributed by atoms with van der Waals surface area (Å²) in [4.78, 5) is 4.61. The van der Waals surface area contributed by atoms with E-state index in [0.29, 0.717) is 0 Å². The predicted molar refractivity (Wildman–Crippen MR) is 67.6 cm³/mol. The number of aliphatic hydroxyl groups excluding tert-OH is 1. The van der Waals surface area contributed by atoms with E-state index >= 15 is 0 Å². The van der Waals surface area contributed by atoms with Gasteiger partial charge in [0.25, 0.3) is 0 Å². The fraction of sp³-hybridized carbons (Fsp3) is 0.267. The molecule has 1 aromatic heterocycles. The van der Waals surface area contributed by atoms with E-state index in [1.807, 2.05) is 36.4 Å². The molecule has 1 N–H and O–H groups in total. The summed E-state index contributed by atoms with van der Waals surface area (Å²) in [5, 5.41) is 9.97. The maximum Gasteiger partial charge on any atom is 0.0962 e. The van der Waals surface area contributed by atoms with Crippen molar-refractivity contribution in [1.29, 1.82) is 0 Å². The van der Waals surface area contributed by atoms with Gasteiger partial charge in [-0.15, -0.1) is 0 Å². The van der Waals surface area contributed by atoms with Crippen molar-refractivity contribution in [3.8, 4) is 11.3 Å². The van der Waals surface area contributed by atoms with Gasteiger partial charge in [0.05, 0.1) is 17.5 Å². The van der Waals surface area contributed by atoms with Crippen LogP contribution in [0.3, 0.4) is 0 Å². The van der Waals surface area contributed by atoms with Crippen molar-refractivity contribution in [2.45, 2.75) is 25.4 Å². The molecule has 0 aliphatic heterocycles. The van der Waals surface area contributed by atoms with Crippen molar-refractivity contribution < 1.29 is 5.11 Å². The smallest absolute Gasteiger partial charge is 0.0962 e. The Labute approximate surface area is 101 Å². The molecule has 1 heterocycles. The van der Waals surface area contributed by atoms with Gasteiger partial charge in [-0.2, -0.15) is 0 Å². The van der Waals surface area contributed by atoms with E-state index in [1.165, 1.54) is 5.56 Å². The van der Waals surface area contributed by atoms with E-state index in [-0.39, 0.29) is 6.10 Å². The average Bonchev–Trinajstić information content (AvgIpc) is 2.40. The number of pyridine rings is 1. The molecule has 0 unspecified atom stereocenters. The van der Waals surface area contributed by atoms with Crippen molar-refractivity contribution in [1.82, 2.24) is 4.98 Å². The molecule has 86 valence electrons. The molecule has 2 heteroatoms. The summed E-state index contributed by atoms with van der Waals surface area (Å²) in [5.74, 6) is 0. The number of rotatable bonds is 1. The van der Waals surface area contributed by atoms with Gasteiger partial charge in [-0.1, -0.05) is 36.4 Å². The summed E-state index contributed by atoms with van der Waals surface area (Å²) in [5.41, 5.74) is 4.12. The molecular formula is C15H15NO. The lowest BCUT2D eigenvalue weighted by molar-refractivity contribution is 0.151. The van der Waals surface area contributed by atoms with Gasteiger partial charge in [-0.3, -0.25) is 0 Å². The Morgan fingerprint density at radius 2 is 1.88 bits per heavy atom. The first kappa shape index (κ1) is 10.5. The maximum absolute atomic E-state index is 9.97. The average molecular weight is 225 g/mol. The van der Waals surface area contributed by atoms with Gasteiger partial charge in [-0.05, 0) is 30.9 Å². The third kappa shape index (κ3) is 1.96. The lowest BCUT2D eigenvalue weighted by Gasteiger charge is -2.20. The second-order valence-electron chi connectivity index (χ2n) is 4.51. The highest BCUT2D eigenvalue weighted by Crippen LogP contribution is 2.30. The van der Waals surface area contributed by atoms with E-state index < -0.39 is 0 Å². The first-order valence-electron chi connectivity index (χ1n) is 6.08. The Bertz CT molecular complexity index is 522. The van der Waals surface area contributed by atoms with Crippen LogP contribution in [0, 0.1) is 0 Å². The number of aliphatic hydroxyl groups is 1. The van der Waals surface area contributed by atoms with Gasteiger partial charge >= 0.3 is 0 Å². The third-order valence-corrected chi connectivity index (χ3v) is 3.32. The summed E-state index contributed by atoms with van der Waals surface area (Å²) in [7, 11) is 0. The molecule has 0 spiro atoms. The van der Waals surface area contributed by atoms with Crippen LogP contribution in [0.2, 0.25) is 0 Å². The van der Waals surface area contributed by atoms with Gasteiger partial charge in [0.15, 0.2) is 0 Å². The van der Waals surface area contributed by atoms with Gasteiger partial charge in [0.1, 0.15) is 0 Å². The molecular weight excluding hydrogens is 210 g/mol. The summed E-state index contributed by atoms with van der Waals surface area (Å²) < 4.78 is 0. The number of aromatic nitrogens is 1. The Balaban J connectivity index is 2.06. The number of aryl methyl sites for hydroxylation is 1. The van der Waals surface area contributed by atoms with Crippen molar-refractivity contribution in [3.63, 3.8) is 0 Å². The van der Waals surface area contributed by atoms with Crippen LogP contribution in [0.4, 0.5) is 0 Å². The molecule has 0 saturated carbocycles. The monoisotopic (exact) mass is 225 g/mol. The molecule has 1 aliphatic rings. The van der Waals surface area contributed by atoms with Crippen LogP contribution < -0.4 is 0 Å². The van der Waals surface area contributed by atoms with Gasteiger partial charge in [-0.25, -0.2) is 4.98 Å². The molecule has 1 aliphatic carbocycles. The molecule has 17 heavy (non-hydrogen) atoms. The maximum atomic E-state index is 9.97. The van der Waals surface area contributed by atoms with Crippen LogP contribution in [0.25, 0.3) is 11.3 Å². The van der Waals surface area contributed by atoms with Gasteiger partial charge in [0.2, 0.25) is 0 Å². The minimum absolute atomic E-state index is 0.387. The molecule has 0 amide bonds. The number of benzene rings is 1. The van der Waals surface area contributed by atoms with E-state index in [2.05, 4.69) is 11.1 Å². The van der Waals surface area contributed by atoms with Crippen LogP contribution in [-0.4, -0.2) is 10.1 Å². The third-order valence-electron chi connectivity index (χ3n) is 3.32. The van der Waals surface area contributed by atoms with Crippen molar-refractivity contribution >= 4 is 0 Å². The van der Waals surface area contributed by atoms with Crippen LogP contribution in [0.1, 0.15) is 30.2 Å². The number of hydrogen-bond donors (Lipinski definition) is 1. The minimum atomic E-state index is -0.387. The molecule has 0 radical (unpaired) electrons. The normalized spacial score (nSPS) is 18.8. The molecule has 3 rings (SSSR count). The number of hydrogen-bond acceptors (Lipinski definition) is 2. The topological polar surface area (TPSA) is 33.1 Å². The highest BCUT2D eigenvalue weighted by molar-refractivity contribution is 5.59. The highest BCUT2D eigenvalue weighted by Gasteiger charge is 2.19. The molecule has 1 aromatic carbocycles. The van der Waals surface area contributed by atoms with Crippen molar-refractivity contribution in [2.24, 2.45) is 0 Å². The zero-order chi connectivity index (χ0) is 11.7. The quantitative estimate of drug-likeness (QED) is 0.809. The van der Waals surface area contributed by atoms with E-state index in [9.17, 15) is 5.11 Å². The molecule has 2 nitrogen and oxygen atoms in total. The van der Waals surface area contributed by atoms with Crippen LogP contribution in [0.5, 0.6) is 0 Å². The first-order chi connectivity index (χ1) is 8.34. The molecule has 0 fully saturated rings. The molecule has 1 atom stereocenters. The van der Waals surface area contributed by atoms with Gasteiger partial charge < -0.3 is 5.11 Å². The minimum Gasteiger partial charge on any atom is -0.387 e. The lowest BCUT2D eigenvalue weighted by Crippen LogP contribution is -2.11. The number of fused-ring (bicyclic) bond motifs is 1. The SMILES string of the molecule is O[C@H]1CCCc2ccc(-c3ccccc3)nc21. The predicted octanol–water partition coefficient (Wildman–Crippen LogP) is 3.12. The zero-order valence-electron chi connectivity index (χ0n) is 9.63. The standard InChI is InChI=1S/C15H15NO/c17-14-8-4-7-12-9-10-13(16-15(12)14)11-5-2-1-3-6-11/h1-3,5-6,9-10,14,17H,4,7-8H2/t14-/m0/s1. The fourth-order valence-corrected chi connectivity index (χ4v) is 2.40. The largest absolute Gasteiger partial charge is 0.387 e. The molecule has 0 saturated heterocycles. The molecule has 2 aromatic rings. The van der Waals surface area contributed by atoms with Crippen molar-refractivity contribution in [2.75, 3.05) is 0 Å². The highest BCUT2D eigenvalue weighted by atomic mass is 16.3. The number of nitrogens with zero attached hydrogens (tertiary/aromatic N) is 1. The van der Waals surface area contributed by atoms with E-state index in [0.717, 1.165) is 36.2 Å². The Hall–Kier alpha value is -1.67. The zero-order valence-corrected chi connectivity index (χ0v) is 9.63. The first-order valence-corrected chi connectivity index (χ1v) is 6.08. The van der Waals surface area contributed by atoms with E-state index in [4.69, 9.17) is 0 Å². The van der Waals surface area contributed by atoms with E-state index in [1.54, 1.807) is 0 Å². The second-order valence-corrected chi connectivity index (χ2v) is 4.51. The summed E-state index contributed by atoms with van der Waals surface area (Å²) in [6.07, 6.45) is 2.54. The second kappa shape index (κ2) is 4.30.